The Labute approximate surface area is 113 Å². The molecule has 1 amide bonds. The summed E-state index contributed by atoms with van der Waals surface area (Å²) < 4.78 is 5.17. The minimum Gasteiger partial charge on any atom is -0.478 e. The van der Waals surface area contributed by atoms with E-state index >= 15 is 0 Å². The molecular weight excluding hydrogens is 270 g/mol. The van der Waals surface area contributed by atoms with E-state index in [0.29, 0.717) is 11.4 Å². The highest BCUT2D eigenvalue weighted by Crippen LogP contribution is 2.24. The molecule has 19 heavy (non-hydrogen) atoms. The van der Waals surface area contributed by atoms with Crippen LogP contribution in [0.5, 0.6) is 0 Å². The third-order valence-electron chi connectivity index (χ3n) is 2.43. The van der Waals surface area contributed by atoms with E-state index < -0.39 is 11.9 Å². The lowest BCUT2D eigenvalue weighted by molar-refractivity contribution is 0.0696. The lowest BCUT2D eigenvalue weighted by atomic mass is 10.2. The molecule has 0 aliphatic heterocycles. The van der Waals surface area contributed by atoms with Gasteiger partial charge in [0.25, 0.3) is 5.91 Å². The van der Waals surface area contributed by atoms with E-state index in [9.17, 15) is 9.59 Å². The van der Waals surface area contributed by atoms with Crippen molar-refractivity contribution in [2.24, 2.45) is 0 Å². The predicted octanol–water partition coefficient (Wildman–Crippen LogP) is 3.19. The lowest BCUT2D eigenvalue weighted by Gasteiger charge is -2.06. The molecule has 2 N–H and O–H groups in total. The number of aromatic carboxylic acids is 1. The van der Waals surface area contributed by atoms with E-state index in [1.807, 2.05) is 0 Å². The van der Waals surface area contributed by atoms with Crippen molar-refractivity contribution in [3.05, 3.63) is 52.4 Å². The molecule has 2 aromatic rings. The van der Waals surface area contributed by atoms with Gasteiger partial charge in [-0.1, -0.05) is 11.6 Å². The summed E-state index contributed by atoms with van der Waals surface area (Å²) in [5, 5.41) is 11.5. The third kappa shape index (κ3) is 2.95. The highest BCUT2D eigenvalue weighted by Gasteiger charge is 2.13. The van der Waals surface area contributed by atoms with Gasteiger partial charge in [-0.3, -0.25) is 4.79 Å². The number of aryl methyl sites for hydroxylation is 1. The van der Waals surface area contributed by atoms with Crippen LogP contribution in [0.3, 0.4) is 0 Å². The first-order valence-corrected chi connectivity index (χ1v) is 5.76. The standard InChI is InChI=1S/C13H10ClNO4/c1-7-2-5-11(19-7)12(16)15-10-4-3-8(13(17)18)6-9(10)14/h2-6H,1H3,(H,15,16)(H,17,18). The number of hydrogen-bond acceptors (Lipinski definition) is 3. The Balaban J connectivity index is 2.20. The van der Waals surface area contributed by atoms with Crippen molar-refractivity contribution in [1.29, 1.82) is 0 Å². The van der Waals surface area contributed by atoms with E-state index in [4.69, 9.17) is 21.1 Å². The van der Waals surface area contributed by atoms with Gasteiger partial charge in [0.1, 0.15) is 5.76 Å². The molecule has 1 aromatic heterocycles. The maximum absolute atomic E-state index is 11.8. The highest BCUT2D eigenvalue weighted by atomic mass is 35.5. The van der Waals surface area contributed by atoms with Crippen molar-refractivity contribution in [1.82, 2.24) is 0 Å². The minimum atomic E-state index is -1.08. The van der Waals surface area contributed by atoms with E-state index in [2.05, 4.69) is 5.32 Å². The average Bonchev–Trinajstić information content (AvgIpc) is 2.78. The molecule has 2 rings (SSSR count). The first kappa shape index (κ1) is 13.2. The number of amides is 1. The van der Waals surface area contributed by atoms with Crippen molar-refractivity contribution < 1.29 is 19.1 Å². The van der Waals surface area contributed by atoms with Gasteiger partial charge in [-0.2, -0.15) is 0 Å². The number of halogens is 1. The number of rotatable bonds is 3. The summed E-state index contributed by atoms with van der Waals surface area (Å²) in [6.45, 7) is 1.73. The monoisotopic (exact) mass is 279 g/mol. The summed E-state index contributed by atoms with van der Waals surface area (Å²) in [6, 6.07) is 7.28. The van der Waals surface area contributed by atoms with Crippen molar-refractivity contribution in [2.75, 3.05) is 5.32 Å². The molecule has 0 fully saturated rings. The van der Waals surface area contributed by atoms with Crippen molar-refractivity contribution in [2.45, 2.75) is 6.92 Å². The summed E-state index contributed by atoms with van der Waals surface area (Å²) in [4.78, 5) is 22.6. The molecule has 6 heteroatoms. The fourth-order valence-electron chi connectivity index (χ4n) is 1.49. The topological polar surface area (TPSA) is 79.5 Å². The molecule has 0 atom stereocenters. The molecule has 0 bridgehead atoms. The van der Waals surface area contributed by atoms with Crippen molar-refractivity contribution in [3.63, 3.8) is 0 Å². The predicted molar refractivity (Wildman–Crippen MR) is 69.8 cm³/mol. The van der Waals surface area contributed by atoms with Gasteiger partial charge < -0.3 is 14.8 Å². The SMILES string of the molecule is Cc1ccc(C(=O)Nc2ccc(C(=O)O)cc2Cl)o1. The van der Waals surface area contributed by atoms with Crippen LogP contribution in [0, 0.1) is 6.92 Å². The van der Waals surface area contributed by atoms with Crippen molar-refractivity contribution >= 4 is 29.2 Å². The number of carboxylic acid groups (broad SMARTS) is 1. The van der Waals surface area contributed by atoms with E-state index in [-0.39, 0.29) is 16.3 Å². The Bertz CT molecular complexity index is 648. The molecule has 0 spiro atoms. The minimum absolute atomic E-state index is 0.0526. The normalized spacial score (nSPS) is 10.2. The van der Waals surface area contributed by atoms with Gasteiger partial charge in [0.15, 0.2) is 5.76 Å². The van der Waals surface area contributed by atoms with Crippen LogP contribution in [-0.2, 0) is 0 Å². The van der Waals surface area contributed by atoms with E-state index in [1.165, 1.54) is 18.2 Å². The largest absolute Gasteiger partial charge is 0.478 e. The molecule has 5 nitrogen and oxygen atoms in total. The molecule has 0 unspecified atom stereocenters. The molecule has 0 saturated heterocycles. The Hall–Kier alpha value is -2.27. The highest BCUT2D eigenvalue weighted by molar-refractivity contribution is 6.34. The summed E-state index contributed by atoms with van der Waals surface area (Å²) >= 11 is 5.90. The number of anilines is 1. The average molecular weight is 280 g/mol. The van der Waals surface area contributed by atoms with Crippen LogP contribution in [-0.4, -0.2) is 17.0 Å². The molecule has 0 aliphatic carbocycles. The molecule has 98 valence electrons. The zero-order valence-electron chi connectivity index (χ0n) is 9.94. The van der Waals surface area contributed by atoms with Gasteiger partial charge in [-0.05, 0) is 37.3 Å². The van der Waals surface area contributed by atoms with E-state index in [1.54, 1.807) is 19.1 Å². The Morgan fingerprint density at radius 2 is 2.00 bits per heavy atom. The Morgan fingerprint density at radius 3 is 2.53 bits per heavy atom. The first-order valence-electron chi connectivity index (χ1n) is 5.38. The van der Waals surface area contributed by atoms with Crippen LogP contribution in [0.1, 0.15) is 26.7 Å². The van der Waals surface area contributed by atoms with Gasteiger partial charge in [0.2, 0.25) is 0 Å². The molecule has 1 heterocycles. The molecule has 0 aliphatic rings. The van der Waals surface area contributed by atoms with Crippen LogP contribution in [0.2, 0.25) is 5.02 Å². The number of nitrogens with one attached hydrogen (secondary N) is 1. The van der Waals surface area contributed by atoms with Crippen LogP contribution in [0.25, 0.3) is 0 Å². The second-order valence-electron chi connectivity index (χ2n) is 3.86. The van der Waals surface area contributed by atoms with Gasteiger partial charge in [0.05, 0.1) is 16.3 Å². The number of benzene rings is 1. The summed E-state index contributed by atoms with van der Waals surface area (Å²) in [6.07, 6.45) is 0. The smallest absolute Gasteiger partial charge is 0.335 e. The molecule has 1 aromatic carbocycles. The van der Waals surface area contributed by atoms with Gasteiger partial charge >= 0.3 is 5.97 Å². The van der Waals surface area contributed by atoms with Crippen molar-refractivity contribution in [3.8, 4) is 0 Å². The molecule has 0 saturated carbocycles. The first-order chi connectivity index (χ1) is 8.97. The van der Waals surface area contributed by atoms with E-state index in [0.717, 1.165) is 0 Å². The number of carbonyl (C=O) groups is 2. The van der Waals surface area contributed by atoms with Crippen LogP contribution in [0.15, 0.2) is 34.7 Å². The second-order valence-corrected chi connectivity index (χ2v) is 4.27. The van der Waals surface area contributed by atoms with Gasteiger partial charge in [-0.25, -0.2) is 4.79 Å². The second kappa shape index (κ2) is 5.16. The summed E-state index contributed by atoms with van der Waals surface area (Å²) in [5.41, 5.74) is 0.377. The summed E-state index contributed by atoms with van der Waals surface area (Å²) in [5.74, 6) is -0.743. The number of furan rings is 1. The number of carboxylic acids is 1. The quantitative estimate of drug-likeness (QED) is 0.904. The maximum atomic E-state index is 11.8. The zero-order valence-corrected chi connectivity index (χ0v) is 10.7. The Morgan fingerprint density at radius 1 is 1.26 bits per heavy atom. The van der Waals surface area contributed by atoms with Gasteiger partial charge in [0, 0.05) is 0 Å². The molecule has 0 radical (unpaired) electrons. The fourth-order valence-corrected chi connectivity index (χ4v) is 1.72. The van der Waals surface area contributed by atoms with Crippen LogP contribution < -0.4 is 5.32 Å². The molecular formula is C13H10ClNO4. The Kier molecular flexibility index (Phi) is 3.57. The third-order valence-corrected chi connectivity index (χ3v) is 2.74. The lowest BCUT2D eigenvalue weighted by Crippen LogP contribution is -2.11. The summed E-state index contributed by atoms with van der Waals surface area (Å²) in [7, 11) is 0. The number of hydrogen-bond donors (Lipinski definition) is 2. The van der Waals surface area contributed by atoms with Gasteiger partial charge in [-0.15, -0.1) is 0 Å². The fraction of sp³-hybridized carbons (Fsp3) is 0.0769. The maximum Gasteiger partial charge on any atom is 0.335 e. The zero-order chi connectivity index (χ0) is 14.0. The van der Waals surface area contributed by atoms with Crippen LogP contribution in [0.4, 0.5) is 5.69 Å². The number of carbonyl (C=O) groups excluding carboxylic acids is 1. The van der Waals surface area contributed by atoms with Crippen LogP contribution >= 0.6 is 11.6 Å².